The maximum absolute atomic E-state index is 14.2. The second-order valence-electron chi connectivity index (χ2n) is 5.30. The molecule has 1 aliphatic heterocycles. The van der Waals surface area contributed by atoms with E-state index in [9.17, 15) is 4.39 Å². The van der Waals surface area contributed by atoms with E-state index in [1.165, 1.54) is 0 Å². The topological polar surface area (TPSA) is 24.5 Å². The van der Waals surface area contributed by atoms with Gasteiger partial charge >= 0.3 is 0 Å². The Morgan fingerprint density at radius 3 is 2.89 bits per heavy atom. The van der Waals surface area contributed by atoms with E-state index in [1.807, 2.05) is 19.2 Å². The Labute approximate surface area is 114 Å². The quantitative estimate of drug-likeness (QED) is 0.905. The van der Waals surface area contributed by atoms with Crippen molar-refractivity contribution in [1.29, 1.82) is 0 Å². The molecule has 1 saturated heterocycles. The lowest BCUT2D eigenvalue weighted by Gasteiger charge is -2.37. The molecule has 1 heterocycles. The first-order valence-corrected chi connectivity index (χ1v) is 6.86. The molecule has 0 aromatic heterocycles. The Kier molecular flexibility index (Phi) is 4.77. The highest BCUT2D eigenvalue weighted by Crippen LogP contribution is 2.27. The van der Waals surface area contributed by atoms with Gasteiger partial charge < -0.3 is 15.0 Å². The Morgan fingerprint density at radius 1 is 1.47 bits per heavy atom. The monoisotopic (exact) mass is 266 g/mol. The molecule has 2 unspecified atom stereocenters. The highest BCUT2D eigenvalue weighted by Gasteiger charge is 2.27. The number of halogens is 1. The fourth-order valence-corrected chi connectivity index (χ4v) is 2.68. The molecule has 0 amide bonds. The molecule has 19 heavy (non-hydrogen) atoms. The van der Waals surface area contributed by atoms with Crippen molar-refractivity contribution in [2.24, 2.45) is 5.92 Å². The predicted octanol–water partition coefficient (Wildman–Crippen LogP) is 2.41. The SMILES string of the molecule is CNCc1ccc(N2CCC(C)C(OC)C2)c(F)c1. The van der Waals surface area contributed by atoms with E-state index in [4.69, 9.17) is 4.74 Å². The number of anilines is 1. The second kappa shape index (κ2) is 6.35. The van der Waals surface area contributed by atoms with E-state index in [0.29, 0.717) is 18.2 Å². The summed E-state index contributed by atoms with van der Waals surface area (Å²) in [6, 6.07) is 5.48. The van der Waals surface area contributed by atoms with Crippen LogP contribution in [0.5, 0.6) is 0 Å². The number of hydrogen-bond donors (Lipinski definition) is 1. The zero-order valence-corrected chi connectivity index (χ0v) is 11.9. The summed E-state index contributed by atoms with van der Waals surface area (Å²) in [5.41, 5.74) is 1.66. The number of ether oxygens (including phenoxy) is 1. The van der Waals surface area contributed by atoms with Crippen LogP contribution in [-0.4, -0.2) is 33.4 Å². The fourth-order valence-electron chi connectivity index (χ4n) is 2.68. The van der Waals surface area contributed by atoms with Crippen LogP contribution in [0.4, 0.5) is 10.1 Å². The van der Waals surface area contributed by atoms with Crippen LogP contribution in [-0.2, 0) is 11.3 Å². The molecule has 0 radical (unpaired) electrons. The lowest BCUT2D eigenvalue weighted by molar-refractivity contribution is 0.0497. The molecule has 4 heteroatoms. The van der Waals surface area contributed by atoms with Gasteiger partial charge in [-0.05, 0) is 37.1 Å². The molecule has 3 nitrogen and oxygen atoms in total. The van der Waals surface area contributed by atoms with Gasteiger partial charge in [-0.15, -0.1) is 0 Å². The van der Waals surface area contributed by atoms with Gasteiger partial charge in [-0.1, -0.05) is 13.0 Å². The lowest BCUT2D eigenvalue weighted by atomic mass is 9.95. The van der Waals surface area contributed by atoms with E-state index in [2.05, 4.69) is 17.1 Å². The zero-order valence-electron chi connectivity index (χ0n) is 11.9. The molecule has 106 valence electrons. The van der Waals surface area contributed by atoms with Gasteiger partial charge in [0.2, 0.25) is 0 Å². The number of rotatable bonds is 4. The molecule has 0 spiro atoms. The van der Waals surface area contributed by atoms with Crippen LogP contribution in [0.3, 0.4) is 0 Å². The molecule has 2 atom stereocenters. The maximum atomic E-state index is 14.2. The van der Waals surface area contributed by atoms with E-state index >= 15 is 0 Å². The third kappa shape index (κ3) is 3.25. The molecule has 1 fully saturated rings. The minimum Gasteiger partial charge on any atom is -0.379 e. The Hall–Kier alpha value is -1.13. The maximum Gasteiger partial charge on any atom is 0.146 e. The van der Waals surface area contributed by atoms with E-state index < -0.39 is 0 Å². The molecule has 1 aromatic rings. The first kappa shape index (κ1) is 14.3. The fraction of sp³-hybridized carbons (Fsp3) is 0.600. The second-order valence-corrected chi connectivity index (χ2v) is 5.30. The van der Waals surface area contributed by atoms with Gasteiger partial charge in [0, 0.05) is 26.7 Å². The summed E-state index contributed by atoms with van der Waals surface area (Å²) in [6.07, 6.45) is 1.22. The summed E-state index contributed by atoms with van der Waals surface area (Å²) in [5, 5.41) is 3.03. The van der Waals surface area contributed by atoms with Crippen molar-refractivity contribution >= 4 is 5.69 Å². The summed E-state index contributed by atoms with van der Waals surface area (Å²) in [4.78, 5) is 2.09. The first-order valence-electron chi connectivity index (χ1n) is 6.86. The summed E-state index contributed by atoms with van der Waals surface area (Å²) >= 11 is 0. The van der Waals surface area contributed by atoms with Crippen molar-refractivity contribution in [3.05, 3.63) is 29.6 Å². The van der Waals surface area contributed by atoms with Crippen LogP contribution in [0.2, 0.25) is 0 Å². The smallest absolute Gasteiger partial charge is 0.146 e. The van der Waals surface area contributed by atoms with Crippen LogP contribution >= 0.6 is 0 Å². The highest BCUT2D eigenvalue weighted by atomic mass is 19.1. The minimum atomic E-state index is -0.142. The van der Waals surface area contributed by atoms with E-state index in [1.54, 1.807) is 13.2 Å². The van der Waals surface area contributed by atoms with Gasteiger partial charge in [0.25, 0.3) is 0 Å². The zero-order chi connectivity index (χ0) is 13.8. The lowest BCUT2D eigenvalue weighted by Crippen LogP contribution is -2.44. The number of nitrogens with zero attached hydrogens (tertiary/aromatic N) is 1. The molecule has 1 aromatic carbocycles. The van der Waals surface area contributed by atoms with E-state index in [-0.39, 0.29) is 11.9 Å². The Bertz CT molecular complexity index is 425. The molecule has 0 aliphatic carbocycles. The van der Waals surface area contributed by atoms with Crippen molar-refractivity contribution in [1.82, 2.24) is 5.32 Å². The minimum absolute atomic E-state index is 0.142. The largest absolute Gasteiger partial charge is 0.379 e. The first-order chi connectivity index (χ1) is 9.15. The van der Waals surface area contributed by atoms with Gasteiger partial charge in [-0.25, -0.2) is 4.39 Å². The summed E-state index contributed by atoms with van der Waals surface area (Å²) in [7, 11) is 3.60. The summed E-state index contributed by atoms with van der Waals surface area (Å²) in [6.45, 7) is 4.54. The Balaban J connectivity index is 2.13. The predicted molar refractivity (Wildman–Crippen MR) is 76.0 cm³/mol. The number of nitrogens with one attached hydrogen (secondary N) is 1. The van der Waals surface area contributed by atoms with Crippen LogP contribution in [0.1, 0.15) is 18.9 Å². The molecule has 1 N–H and O–H groups in total. The van der Waals surface area contributed by atoms with Crippen molar-refractivity contribution in [2.45, 2.75) is 26.0 Å². The third-order valence-electron chi connectivity index (χ3n) is 3.93. The number of methoxy groups -OCH3 is 1. The summed E-state index contributed by atoms with van der Waals surface area (Å²) in [5.74, 6) is 0.394. The van der Waals surface area contributed by atoms with Crippen molar-refractivity contribution < 1.29 is 9.13 Å². The van der Waals surface area contributed by atoms with Gasteiger partial charge in [0.1, 0.15) is 5.82 Å². The highest BCUT2D eigenvalue weighted by molar-refractivity contribution is 5.49. The van der Waals surface area contributed by atoms with E-state index in [0.717, 1.165) is 25.1 Å². The van der Waals surface area contributed by atoms with Gasteiger partial charge in [-0.3, -0.25) is 0 Å². The van der Waals surface area contributed by atoms with Gasteiger partial charge in [-0.2, -0.15) is 0 Å². The van der Waals surface area contributed by atoms with Gasteiger partial charge in [0.15, 0.2) is 0 Å². The van der Waals surface area contributed by atoms with Crippen molar-refractivity contribution in [2.75, 3.05) is 32.1 Å². The van der Waals surface area contributed by atoms with Crippen LogP contribution in [0, 0.1) is 11.7 Å². The molecule has 2 rings (SSSR count). The average molecular weight is 266 g/mol. The van der Waals surface area contributed by atoms with Crippen LogP contribution in [0.25, 0.3) is 0 Å². The molecule has 0 saturated carbocycles. The van der Waals surface area contributed by atoms with Crippen LogP contribution < -0.4 is 10.2 Å². The molecule has 0 bridgehead atoms. The third-order valence-corrected chi connectivity index (χ3v) is 3.93. The Morgan fingerprint density at radius 2 is 2.26 bits per heavy atom. The number of piperidine rings is 1. The number of hydrogen-bond acceptors (Lipinski definition) is 3. The number of benzene rings is 1. The van der Waals surface area contributed by atoms with Crippen molar-refractivity contribution in [3.8, 4) is 0 Å². The summed E-state index contributed by atoms with van der Waals surface area (Å²) < 4.78 is 19.7. The molecular formula is C15H23FN2O. The normalized spacial score (nSPS) is 23.7. The average Bonchev–Trinajstić information content (AvgIpc) is 2.40. The van der Waals surface area contributed by atoms with Crippen molar-refractivity contribution in [3.63, 3.8) is 0 Å². The molecular weight excluding hydrogens is 243 g/mol. The van der Waals surface area contributed by atoms with Gasteiger partial charge in [0.05, 0.1) is 11.8 Å². The molecule has 1 aliphatic rings. The standard InChI is InChI=1S/C15H23FN2O/c1-11-6-7-18(10-15(11)19-3)14-5-4-12(9-17-2)8-13(14)16/h4-5,8,11,15,17H,6-7,9-10H2,1-3H3. The van der Waals surface area contributed by atoms with Crippen LogP contribution in [0.15, 0.2) is 18.2 Å².